The van der Waals surface area contributed by atoms with Crippen LogP contribution in [-0.2, 0) is 4.79 Å². The quantitative estimate of drug-likeness (QED) is 0.438. The maximum absolute atomic E-state index is 12.3. The molecule has 0 atom stereocenters. The van der Waals surface area contributed by atoms with Crippen LogP contribution >= 0.6 is 0 Å². The van der Waals surface area contributed by atoms with Crippen LogP contribution in [0.25, 0.3) is 0 Å². The molecular weight excluding hydrogens is 318 g/mol. The molecule has 2 aromatic rings. The van der Waals surface area contributed by atoms with Crippen molar-refractivity contribution in [2.24, 2.45) is 0 Å². The number of hydrogen-bond donors (Lipinski definition) is 1. The Labute approximate surface area is 148 Å². The van der Waals surface area contributed by atoms with Crippen molar-refractivity contribution in [3.63, 3.8) is 0 Å². The predicted molar refractivity (Wildman–Crippen MR) is 97.2 cm³/mol. The average molecular weight is 341 g/mol. The number of ether oxygens (including phenoxy) is 2. The molecule has 0 saturated heterocycles. The molecule has 0 aliphatic rings. The minimum atomic E-state index is -0.488. The number of unbranched alkanes of at least 4 members (excludes halogenated alkanes) is 1. The third-order valence-corrected chi connectivity index (χ3v) is 3.54. The summed E-state index contributed by atoms with van der Waals surface area (Å²) in [5, 5.41) is 2.72. The van der Waals surface area contributed by atoms with E-state index < -0.39 is 5.97 Å². The first-order valence-corrected chi connectivity index (χ1v) is 8.48. The van der Waals surface area contributed by atoms with Crippen LogP contribution in [-0.4, -0.2) is 18.5 Å². The van der Waals surface area contributed by atoms with Gasteiger partial charge >= 0.3 is 5.97 Å². The second kappa shape index (κ2) is 9.47. The van der Waals surface area contributed by atoms with Gasteiger partial charge in [0.15, 0.2) is 5.75 Å². The number of carbonyl (C=O) groups is 2. The lowest BCUT2D eigenvalue weighted by atomic mass is 10.2. The molecule has 0 bridgehead atoms. The molecule has 0 aromatic heterocycles. The molecule has 5 heteroatoms. The van der Waals surface area contributed by atoms with Gasteiger partial charge in [0.25, 0.3) is 0 Å². The fraction of sp³-hybridized carbons (Fsp3) is 0.300. The Morgan fingerprint density at radius 1 is 1.00 bits per heavy atom. The van der Waals surface area contributed by atoms with Crippen LogP contribution in [0.5, 0.6) is 11.5 Å². The van der Waals surface area contributed by atoms with Gasteiger partial charge in [-0.25, -0.2) is 4.79 Å². The first kappa shape index (κ1) is 18.5. The summed E-state index contributed by atoms with van der Waals surface area (Å²) < 4.78 is 11.0. The van der Waals surface area contributed by atoms with E-state index in [0.29, 0.717) is 30.0 Å². The molecule has 1 N–H and O–H groups in total. The van der Waals surface area contributed by atoms with Gasteiger partial charge in [0.2, 0.25) is 5.91 Å². The van der Waals surface area contributed by atoms with E-state index in [4.69, 9.17) is 9.47 Å². The second-order valence-electron chi connectivity index (χ2n) is 5.51. The number of amides is 1. The van der Waals surface area contributed by atoms with Crippen LogP contribution in [0.15, 0.2) is 48.5 Å². The summed E-state index contributed by atoms with van der Waals surface area (Å²) >= 11 is 0. The van der Waals surface area contributed by atoms with Crippen molar-refractivity contribution in [2.45, 2.75) is 33.1 Å². The van der Waals surface area contributed by atoms with Gasteiger partial charge in [-0.1, -0.05) is 32.4 Å². The van der Waals surface area contributed by atoms with Crippen molar-refractivity contribution in [3.05, 3.63) is 54.1 Å². The maximum atomic E-state index is 12.3. The minimum Gasteiger partial charge on any atom is -0.494 e. The summed E-state index contributed by atoms with van der Waals surface area (Å²) in [6, 6.07) is 13.7. The van der Waals surface area contributed by atoms with E-state index in [1.807, 2.05) is 0 Å². The number of hydrogen-bond acceptors (Lipinski definition) is 4. The average Bonchev–Trinajstić information content (AvgIpc) is 2.64. The van der Waals surface area contributed by atoms with Crippen LogP contribution in [0.4, 0.5) is 5.69 Å². The Hall–Kier alpha value is -2.82. The fourth-order valence-corrected chi connectivity index (χ4v) is 2.08. The van der Waals surface area contributed by atoms with E-state index in [9.17, 15) is 9.59 Å². The van der Waals surface area contributed by atoms with Crippen LogP contribution in [0, 0.1) is 0 Å². The highest BCUT2D eigenvalue weighted by atomic mass is 16.5. The highest BCUT2D eigenvalue weighted by Gasteiger charge is 2.12. The zero-order valence-electron chi connectivity index (χ0n) is 14.6. The maximum Gasteiger partial charge on any atom is 0.343 e. The van der Waals surface area contributed by atoms with Gasteiger partial charge in [-0.15, -0.1) is 0 Å². The Kier molecular flexibility index (Phi) is 7.01. The first-order chi connectivity index (χ1) is 12.1. The number of benzene rings is 2. The molecule has 0 radical (unpaired) electrons. The Balaban J connectivity index is 2.03. The monoisotopic (exact) mass is 341 g/mol. The van der Waals surface area contributed by atoms with Crippen molar-refractivity contribution < 1.29 is 19.1 Å². The zero-order valence-corrected chi connectivity index (χ0v) is 14.6. The van der Waals surface area contributed by atoms with Crippen LogP contribution in [0.2, 0.25) is 0 Å². The summed E-state index contributed by atoms with van der Waals surface area (Å²) in [6.45, 7) is 4.52. The van der Waals surface area contributed by atoms with Crippen molar-refractivity contribution in [1.29, 1.82) is 0 Å². The van der Waals surface area contributed by atoms with Crippen LogP contribution < -0.4 is 14.8 Å². The smallest absolute Gasteiger partial charge is 0.343 e. The lowest BCUT2D eigenvalue weighted by molar-refractivity contribution is -0.115. The molecule has 0 unspecified atom stereocenters. The number of carbonyl (C=O) groups excluding carboxylic acids is 2. The third-order valence-electron chi connectivity index (χ3n) is 3.54. The van der Waals surface area contributed by atoms with E-state index in [1.54, 1.807) is 55.5 Å². The molecule has 25 heavy (non-hydrogen) atoms. The topological polar surface area (TPSA) is 64.6 Å². The molecule has 2 aromatic carbocycles. The highest BCUT2D eigenvalue weighted by Crippen LogP contribution is 2.25. The van der Waals surface area contributed by atoms with E-state index in [-0.39, 0.29) is 5.91 Å². The second-order valence-corrected chi connectivity index (χ2v) is 5.51. The van der Waals surface area contributed by atoms with Crippen molar-refractivity contribution >= 4 is 17.6 Å². The lowest BCUT2D eigenvalue weighted by Gasteiger charge is -2.11. The van der Waals surface area contributed by atoms with Gasteiger partial charge in [-0.2, -0.15) is 0 Å². The van der Waals surface area contributed by atoms with E-state index >= 15 is 0 Å². The summed E-state index contributed by atoms with van der Waals surface area (Å²) in [5.74, 6) is 0.411. The van der Waals surface area contributed by atoms with Crippen molar-refractivity contribution in [3.8, 4) is 11.5 Å². The van der Waals surface area contributed by atoms with Gasteiger partial charge in [-0.05, 0) is 42.8 Å². The van der Waals surface area contributed by atoms with Crippen molar-refractivity contribution in [2.75, 3.05) is 11.9 Å². The normalized spacial score (nSPS) is 10.2. The minimum absolute atomic E-state index is 0.142. The summed E-state index contributed by atoms with van der Waals surface area (Å²) in [5.41, 5.74) is 0.890. The molecule has 0 spiro atoms. The van der Waals surface area contributed by atoms with Gasteiger partial charge < -0.3 is 14.8 Å². The molecule has 0 saturated carbocycles. The molecule has 132 valence electrons. The molecule has 0 fully saturated rings. The first-order valence-electron chi connectivity index (χ1n) is 8.48. The van der Waals surface area contributed by atoms with Gasteiger partial charge in [-0.3, -0.25) is 4.79 Å². The van der Waals surface area contributed by atoms with E-state index in [0.717, 1.165) is 18.6 Å². The largest absolute Gasteiger partial charge is 0.494 e. The molecular formula is C20H23NO4. The van der Waals surface area contributed by atoms with Crippen LogP contribution in [0.3, 0.4) is 0 Å². The van der Waals surface area contributed by atoms with Crippen LogP contribution in [0.1, 0.15) is 43.5 Å². The standard InChI is InChI=1S/C20H23NO4/c1-3-5-14-24-16-12-10-15(11-13-16)20(23)25-18-9-7-6-8-17(18)21-19(22)4-2/h6-13H,3-5,14H2,1-2H3,(H,21,22). The van der Waals surface area contributed by atoms with E-state index in [1.165, 1.54) is 0 Å². The number of esters is 1. The molecule has 2 rings (SSSR count). The zero-order chi connectivity index (χ0) is 18.1. The molecule has 0 heterocycles. The number of para-hydroxylation sites is 2. The Morgan fingerprint density at radius 2 is 1.72 bits per heavy atom. The Morgan fingerprint density at radius 3 is 2.40 bits per heavy atom. The van der Waals surface area contributed by atoms with Gasteiger partial charge in [0, 0.05) is 6.42 Å². The van der Waals surface area contributed by atoms with E-state index in [2.05, 4.69) is 12.2 Å². The fourth-order valence-electron chi connectivity index (χ4n) is 2.08. The van der Waals surface area contributed by atoms with Crippen molar-refractivity contribution in [1.82, 2.24) is 0 Å². The number of rotatable bonds is 8. The summed E-state index contributed by atoms with van der Waals surface area (Å²) in [7, 11) is 0. The lowest BCUT2D eigenvalue weighted by Crippen LogP contribution is -2.13. The Bertz CT molecular complexity index is 710. The summed E-state index contributed by atoms with van der Waals surface area (Å²) in [6.07, 6.45) is 2.41. The van der Waals surface area contributed by atoms with Gasteiger partial charge in [0.05, 0.1) is 17.9 Å². The summed E-state index contributed by atoms with van der Waals surface area (Å²) in [4.78, 5) is 23.9. The molecule has 1 amide bonds. The number of anilines is 1. The SMILES string of the molecule is CCCCOc1ccc(C(=O)Oc2ccccc2NC(=O)CC)cc1. The van der Waals surface area contributed by atoms with Gasteiger partial charge in [0.1, 0.15) is 5.75 Å². The highest BCUT2D eigenvalue weighted by molar-refractivity contribution is 5.95. The number of nitrogens with one attached hydrogen (secondary N) is 1. The molecule has 0 aliphatic heterocycles. The third kappa shape index (κ3) is 5.64. The molecule has 5 nitrogen and oxygen atoms in total. The molecule has 0 aliphatic carbocycles. The predicted octanol–water partition coefficient (Wildman–Crippen LogP) is 4.43.